The van der Waals surface area contributed by atoms with Crippen LogP contribution in [0.25, 0.3) is 0 Å². The number of amides is 1. The number of rotatable bonds is 7. The number of thiophene rings is 2. The van der Waals surface area contributed by atoms with Crippen molar-refractivity contribution >= 4 is 39.6 Å². The van der Waals surface area contributed by atoms with Crippen LogP contribution in [0.1, 0.15) is 45.6 Å². The maximum atomic E-state index is 12.5. The highest BCUT2D eigenvalue weighted by atomic mass is 32.1. The van der Waals surface area contributed by atoms with Gasteiger partial charge in [0.1, 0.15) is 5.00 Å². The van der Waals surface area contributed by atoms with E-state index >= 15 is 0 Å². The molecular weight excluding hydrogens is 356 g/mol. The topological polar surface area (TPSA) is 58.6 Å². The van der Waals surface area contributed by atoms with Gasteiger partial charge in [-0.25, -0.2) is 4.79 Å². The third kappa shape index (κ3) is 4.68. The Morgan fingerprint density at radius 3 is 2.68 bits per heavy atom. The SMILES string of the molecule is CCOC(=O)c1c(NC(=O)CN(C)C(C)c2cccs2)sc(C)c1C. The Morgan fingerprint density at radius 2 is 2.08 bits per heavy atom. The Morgan fingerprint density at radius 1 is 1.36 bits per heavy atom. The average Bonchev–Trinajstić information content (AvgIpc) is 3.16. The zero-order chi connectivity index (χ0) is 18.6. The number of ether oxygens (including phenoxy) is 1. The maximum Gasteiger partial charge on any atom is 0.341 e. The highest BCUT2D eigenvalue weighted by molar-refractivity contribution is 7.16. The summed E-state index contributed by atoms with van der Waals surface area (Å²) in [5.41, 5.74) is 1.32. The number of nitrogens with zero attached hydrogens (tertiary/aromatic N) is 1. The standard InChI is InChI=1S/C18H24N2O3S2/c1-6-23-18(22)16-11(2)13(4)25-17(16)19-15(21)10-20(5)12(3)14-8-7-9-24-14/h7-9,12H,6,10H2,1-5H3,(H,19,21). The first-order valence-electron chi connectivity index (χ1n) is 8.15. The molecule has 5 nitrogen and oxygen atoms in total. The van der Waals surface area contributed by atoms with Crippen molar-refractivity contribution in [3.8, 4) is 0 Å². The predicted molar refractivity (Wildman–Crippen MR) is 104 cm³/mol. The van der Waals surface area contributed by atoms with Crippen molar-refractivity contribution < 1.29 is 14.3 Å². The maximum absolute atomic E-state index is 12.5. The van der Waals surface area contributed by atoms with E-state index in [1.165, 1.54) is 16.2 Å². The molecule has 0 aromatic carbocycles. The van der Waals surface area contributed by atoms with Crippen LogP contribution < -0.4 is 5.32 Å². The van der Waals surface area contributed by atoms with Crippen LogP contribution in [0.15, 0.2) is 17.5 Å². The second-order valence-corrected chi connectivity index (χ2v) is 8.07. The zero-order valence-electron chi connectivity index (χ0n) is 15.2. The molecule has 1 unspecified atom stereocenters. The minimum atomic E-state index is -0.389. The summed E-state index contributed by atoms with van der Waals surface area (Å²) in [4.78, 5) is 28.8. The molecule has 0 fully saturated rings. The normalized spacial score (nSPS) is 12.2. The van der Waals surface area contributed by atoms with Crippen LogP contribution >= 0.6 is 22.7 Å². The largest absolute Gasteiger partial charge is 0.462 e. The number of hydrogen-bond donors (Lipinski definition) is 1. The van der Waals surface area contributed by atoms with E-state index in [-0.39, 0.29) is 24.5 Å². The summed E-state index contributed by atoms with van der Waals surface area (Å²) >= 11 is 3.08. The van der Waals surface area contributed by atoms with Crippen molar-refractivity contribution in [1.82, 2.24) is 4.90 Å². The Hall–Kier alpha value is -1.70. The van der Waals surface area contributed by atoms with Crippen molar-refractivity contribution in [1.29, 1.82) is 0 Å². The molecule has 7 heteroatoms. The molecule has 0 bridgehead atoms. The number of aryl methyl sites for hydroxylation is 1. The van der Waals surface area contributed by atoms with Gasteiger partial charge in [0.2, 0.25) is 5.91 Å². The van der Waals surface area contributed by atoms with Gasteiger partial charge in [-0.2, -0.15) is 0 Å². The highest BCUT2D eigenvalue weighted by Gasteiger charge is 2.23. The van der Waals surface area contributed by atoms with Crippen LogP contribution in [0, 0.1) is 13.8 Å². The molecule has 2 rings (SSSR count). The lowest BCUT2D eigenvalue weighted by Gasteiger charge is -2.23. The fourth-order valence-electron chi connectivity index (χ4n) is 2.44. The van der Waals surface area contributed by atoms with Crippen LogP contribution in [-0.2, 0) is 9.53 Å². The van der Waals surface area contributed by atoms with E-state index < -0.39 is 0 Å². The first-order chi connectivity index (χ1) is 11.8. The second-order valence-electron chi connectivity index (χ2n) is 5.86. The Bertz CT molecular complexity index is 738. The number of hydrogen-bond acceptors (Lipinski definition) is 6. The molecule has 0 radical (unpaired) electrons. The average molecular weight is 381 g/mol. The van der Waals surface area contributed by atoms with E-state index in [1.54, 1.807) is 18.3 Å². The minimum absolute atomic E-state index is 0.141. The molecule has 136 valence electrons. The summed E-state index contributed by atoms with van der Waals surface area (Å²) in [5.74, 6) is -0.530. The van der Waals surface area contributed by atoms with Gasteiger partial charge in [-0.05, 0) is 51.8 Å². The van der Waals surface area contributed by atoms with Gasteiger partial charge in [-0.3, -0.25) is 9.69 Å². The molecule has 1 amide bonds. The molecule has 0 saturated carbocycles. The molecule has 1 atom stereocenters. The van der Waals surface area contributed by atoms with Gasteiger partial charge >= 0.3 is 5.97 Å². The second kappa shape index (κ2) is 8.60. The molecule has 2 aromatic rings. The molecule has 0 aliphatic rings. The Balaban J connectivity index is 2.08. The molecule has 25 heavy (non-hydrogen) atoms. The van der Waals surface area contributed by atoms with Crippen LogP contribution in [-0.4, -0.2) is 37.0 Å². The van der Waals surface area contributed by atoms with Crippen LogP contribution in [0.2, 0.25) is 0 Å². The quantitative estimate of drug-likeness (QED) is 0.730. The van der Waals surface area contributed by atoms with E-state index in [0.29, 0.717) is 17.2 Å². The van der Waals surface area contributed by atoms with Gasteiger partial charge in [0.15, 0.2) is 0 Å². The molecule has 2 aromatic heterocycles. The number of likely N-dealkylation sites (N-methyl/N-ethyl adjacent to an activating group) is 1. The molecular formula is C18H24N2O3S2. The van der Waals surface area contributed by atoms with Crippen molar-refractivity contribution in [2.75, 3.05) is 25.5 Å². The van der Waals surface area contributed by atoms with Crippen LogP contribution in [0.4, 0.5) is 5.00 Å². The molecule has 0 saturated heterocycles. The Labute approximate surface area is 156 Å². The molecule has 1 N–H and O–H groups in total. The van der Waals surface area contributed by atoms with Crippen molar-refractivity contribution in [3.63, 3.8) is 0 Å². The third-order valence-electron chi connectivity index (χ3n) is 4.13. The summed E-state index contributed by atoms with van der Waals surface area (Å²) in [6.07, 6.45) is 0. The van der Waals surface area contributed by atoms with Crippen molar-refractivity contribution in [3.05, 3.63) is 38.4 Å². The number of nitrogens with one attached hydrogen (secondary N) is 1. The summed E-state index contributed by atoms with van der Waals surface area (Å²) in [5, 5.41) is 5.48. The van der Waals surface area contributed by atoms with Gasteiger partial charge < -0.3 is 10.1 Å². The van der Waals surface area contributed by atoms with Gasteiger partial charge in [-0.1, -0.05) is 6.07 Å². The number of carbonyl (C=O) groups excluding carboxylic acids is 2. The van der Waals surface area contributed by atoms with Crippen LogP contribution in [0.3, 0.4) is 0 Å². The smallest absolute Gasteiger partial charge is 0.341 e. The molecule has 0 spiro atoms. The summed E-state index contributed by atoms with van der Waals surface area (Å²) < 4.78 is 5.12. The van der Waals surface area contributed by atoms with Gasteiger partial charge in [0.05, 0.1) is 18.7 Å². The van der Waals surface area contributed by atoms with Gasteiger partial charge in [-0.15, -0.1) is 22.7 Å². The predicted octanol–water partition coefficient (Wildman–Crippen LogP) is 4.23. The third-order valence-corrected chi connectivity index (χ3v) is 6.29. The first kappa shape index (κ1) is 19.6. The van der Waals surface area contributed by atoms with E-state index in [1.807, 2.05) is 37.2 Å². The van der Waals surface area contributed by atoms with E-state index in [2.05, 4.69) is 18.3 Å². The Kier molecular flexibility index (Phi) is 6.75. The lowest BCUT2D eigenvalue weighted by atomic mass is 10.1. The lowest BCUT2D eigenvalue weighted by molar-refractivity contribution is -0.117. The molecule has 2 heterocycles. The van der Waals surface area contributed by atoms with Crippen molar-refractivity contribution in [2.45, 2.75) is 33.7 Å². The van der Waals surface area contributed by atoms with Crippen LogP contribution in [0.5, 0.6) is 0 Å². The minimum Gasteiger partial charge on any atom is -0.462 e. The van der Waals surface area contributed by atoms with E-state index in [0.717, 1.165) is 10.4 Å². The first-order valence-corrected chi connectivity index (χ1v) is 9.85. The monoisotopic (exact) mass is 380 g/mol. The summed E-state index contributed by atoms with van der Waals surface area (Å²) in [6, 6.07) is 4.23. The van der Waals surface area contributed by atoms with Gasteiger partial charge in [0, 0.05) is 15.8 Å². The summed E-state index contributed by atoms with van der Waals surface area (Å²) in [6.45, 7) is 8.20. The number of esters is 1. The summed E-state index contributed by atoms with van der Waals surface area (Å²) in [7, 11) is 1.92. The number of carbonyl (C=O) groups is 2. The zero-order valence-corrected chi connectivity index (χ0v) is 16.8. The fraction of sp³-hybridized carbons (Fsp3) is 0.444. The van der Waals surface area contributed by atoms with Crippen molar-refractivity contribution in [2.24, 2.45) is 0 Å². The highest BCUT2D eigenvalue weighted by Crippen LogP contribution is 2.33. The fourth-order valence-corrected chi connectivity index (χ4v) is 4.35. The number of anilines is 1. The lowest BCUT2D eigenvalue weighted by Crippen LogP contribution is -2.32. The van der Waals surface area contributed by atoms with E-state index in [4.69, 9.17) is 4.74 Å². The molecule has 0 aliphatic carbocycles. The van der Waals surface area contributed by atoms with E-state index in [9.17, 15) is 9.59 Å². The molecule has 0 aliphatic heterocycles. The van der Waals surface area contributed by atoms with Gasteiger partial charge in [0.25, 0.3) is 0 Å².